The van der Waals surface area contributed by atoms with E-state index in [-0.39, 0.29) is 0 Å². The molecule has 0 aliphatic carbocycles. The zero-order valence-corrected chi connectivity index (χ0v) is 33.4. The summed E-state index contributed by atoms with van der Waals surface area (Å²) in [6.45, 7) is 4.46. The van der Waals surface area contributed by atoms with E-state index < -0.39 is 0 Å². The van der Waals surface area contributed by atoms with Gasteiger partial charge in [0.25, 0.3) is 0 Å². The SMILES string of the molecule is CCc1ccccc1-c1ccc(-c2ccc(N(c3cc(-c4ccccc4)cc(-c4ccccc4)c3)c3ccc(-c4ccccc4)c4[nH]c5ccccc5c34)cc2)cc1C. The highest BCUT2D eigenvalue weighted by atomic mass is 15.1. The summed E-state index contributed by atoms with van der Waals surface area (Å²) in [4.78, 5) is 6.30. The van der Waals surface area contributed by atoms with Crippen LogP contribution in [0.15, 0.2) is 212 Å². The average molecular weight is 757 g/mol. The van der Waals surface area contributed by atoms with Crippen LogP contribution >= 0.6 is 0 Å². The van der Waals surface area contributed by atoms with E-state index in [1.807, 2.05) is 0 Å². The number of aromatic nitrogens is 1. The molecule has 0 spiro atoms. The minimum atomic E-state index is 1.01. The summed E-state index contributed by atoms with van der Waals surface area (Å²) in [6, 6.07) is 77.3. The normalized spacial score (nSPS) is 11.3. The molecule has 0 fully saturated rings. The fourth-order valence-corrected chi connectivity index (χ4v) is 8.79. The van der Waals surface area contributed by atoms with Crippen molar-refractivity contribution >= 4 is 38.9 Å². The Labute approximate surface area is 346 Å². The summed E-state index contributed by atoms with van der Waals surface area (Å²) in [6.07, 6.45) is 1.01. The van der Waals surface area contributed by atoms with Crippen LogP contribution in [0.5, 0.6) is 0 Å². The predicted octanol–water partition coefficient (Wildman–Crippen LogP) is 16.0. The standard InChI is InChI=1S/C57H44N2/c1-3-40-17-13-14-24-51(40)50-32-29-45(35-39(50)2)43-27-30-48(31-28-43)59(49-37-46(41-18-7-4-8-19-41)36-47(38-49)42-20-9-5-10-21-42)55-34-33-52(44-22-11-6-12-23-44)57-56(55)53-25-15-16-26-54(53)58-57/h4-38,58H,3H2,1-2H3. The van der Waals surface area contributed by atoms with Crippen molar-refractivity contribution in [2.75, 3.05) is 4.90 Å². The molecule has 10 rings (SSSR count). The molecule has 9 aromatic carbocycles. The third-order valence-electron chi connectivity index (χ3n) is 11.7. The molecule has 0 aliphatic rings. The van der Waals surface area contributed by atoms with E-state index in [1.54, 1.807) is 0 Å². The number of nitrogens with zero attached hydrogens (tertiary/aromatic N) is 1. The van der Waals surface area contributed by atoms with Gasteiger partial charge in [-0.1, -0.05) is 177 Å². The maximum atomic E-state index is 3.85. The number of fused-ring (bicyclic) bond motifs is 3. The minimum Gasteiger partial charge on any atom is -0.354 e. The number of hydrogen-bond donors (Lipinski definition) is 1. The van der Waals surface area contributed by atoms with Crippen molar-refractivity contribution < 1.29 is 0 Å². The number of hydrogen-bond acceptors (Lipinski definition) is 1. The molecule has 0 saturated heterocycles. The van der Waals surface area contributed by atoms with Crippen LogP contribution in [-0.2, 0) is 6.42 Å². The largest absolute Gasteiger partial charge is 0.354 e. The molecule has 0 unspecified atom stereocenters. The molecule has 10 aromatic rings. The van der Waals surface area contributed by atoms with E-state index in [4.69, 9.17) is 0 Å². The number of aryl methyl sites for hydroxylation is 2. The summed E-state index contributed by atoms with van der Waals surface area (Å²) >= 11 is 0. The van der Waals surface area contributed by atoms with Crippen molar-refractivity contribution in [1.29, 1.82) is 0 Å². The van der Waals surface area contributed by atoms with E-state index >= 15 is 0 Å². The molecular formula is C57H44N2. The highest BCUT2D eigenvalue weighted by molar-refractivity contribution is 6.19. The number of aromatic amines is 1. The van der Waals surface area contributed by atoms with Crippen LogP contribution in [0.4, 0.5) is 17.1 Å². The Morgan fingerprint density at radius 2 is 0.966 bits per heavy atom. The van der Waals surface area contributed by atoms with E-state index in [1.165, 1.54) is 77.5 Å². The lowest BCUT2D eigenvalue weighted by Crippen LogP contribution is -2.11. The number of anilines is 3. The average Bonchev–Trinajstić information content (AvgIpc) is 3.70. The van der Waals surface area contributed by atoms with Gasteiger partial charge in [0.15, 0.2) is 0 Å². The van der Waals surface area contributed by atoms with Gasteiger partial charge in [0, 0.05) is 33.2 Å². The summed E-state index contributed by atoms with van der Waals surface area (Å²) in [5.74, 6) is 0. The van der Waals surface area contributed by atoms with Crippen molar-refractivity contribution in [3.8, 4) is 55.6 Å². The quantitative estimate of drug-likeness (QED) is 0.155. The Bertz CT molecular complexity index is 3010. The maximum absolute atomic E-state index is 3.85. The Kier molecular flexibility index (Phi) is 9.44. The summed E-state index contributed by atoms with van der Waals surface area (Å²) in [7, 11) is 0. The van der Waals surface area contributed by atoms with E-state index in [9.17, 15) is 0 Å². The molecule has 0 saturated carbocycles. The van der Waals surface area contributed by atoms with Gasteiger partial charge in [0.05, 0.1) is 11.2 Å². The van der Waals surface area contributed by atoms with Gasteiger partial charge in [-0.25, -0.2) is 0 Å². The second-order valence-electron chi connectivity index (χ2n) is 15.3. The Hall–Kier alpha value is -7.42. The minimum absolute atomic E-state index is 1.01. The van der Waals surface area contributed by atoms with Gasteiger partial charge in [0.2, 0.25) is 0 Å². The lowest BCUT2D eigenvalue weighted by Gasteiger charge is -2.28. The van der Waals surface area contributed by atoms with Gasteiger partial charge >= 0.3 is 0 Å². The Balaban J connectivity index is 1.18. The van der Waals surface area contributed by atoms with Crippen molar-refractivity contribution in [2.24, 2.45) is 0 Å². The van der Waals surface area contributed by atoms with Crippen molar-refractivity contribution in [1.82, 2.24) is 4.98 Å². The molecule has 0 atom stereocenters. The highest BCUT2D eigenvalue weighted by Crippen LogP contribution is 2.47. The third-order valence-corrected chi connectivity index (χ3v) is 11.7. The van der Waals surface area contributed by atoms with Crippen LogP contribution in [0.2, 0.25) is 0 Å². The molecule has 1 heterocycles. The Morgan fingerprint density at radius 3 is 1.63 bits per heavy atom. The molecule has 0 aliphatic heterocycles. The summed E-state index contributed by atoms with van der Waals surface area (Å²) < 4.78 is 0. The molecule has 1 N–H and O–H groups in total. The predicted molar refractivity (Wildman–Crippen MR) is 252 cm³/mol. The van der Waals surface area contributed by atoms with Gasteiger partial charge in [-0.05, 0) is 117 Å². The first-order valence-electron chi connectivity index (χ1n) is 20.6. The van der Waals surface area contributed by atoms with Crippen LogP contribution in [-0.4, -0.2) is 4.98 Å². The molecular weight excluding hydrogens is 713 g/mol. The molecule has 282 valence electrons. The molecule has 0 bridgehead atoms. The molecule has 2 heteroatoms. The van der Waals surface area contributed by atoms with Crippen LogP contribution in [0.3, 0.4) is 0 Å². The third kappa shape index (κ3) is 6.79. The number of H-pyrrole nitrogens is 1. The fraction of sp³-hybridized carbons (Fsp3) is 0.0526. The van der Waals surface area contributed by atoms with Gasteiger partial charge in [-0.15, -0.1) is 0 Å². The lowest BCUT2D eigenvalue weighted by molar-refractivity contribution is 1.14. The summed E-state index contributed by atoms with van der Waals surface area (Å²) in [5, 5.41) is 2.38. The van der Waals surface area contributed by atoms with Gasteiger partial charge < -0.3 is 9.88 Å². The molecule has 1 aromatic heterocycles. The van der Waals surface area contributed by atoms with Crippen molar-refractivity contribution in [2.45, 2.75) is 20.3 Å². The first-order valence-corrected chi connectivity index (χ1v) is 20.6. The second-order valence-corrected chi connectivity index (χ2v) is 15.3. The van der Waals surface area contributed by atoms with E-state index in [2.05, 4.69) is 236 Å². The van der Waals surface area contributed by atoms with Gasteiger partial charge in [0.1, 0.15) is 0 Å². The lowest BCUT2D eigenvalue weighted by atomic mass is 9.92. The first kappa shape index (κ1) is 36.0. The second kappa shape index (κ2) is 15.5. The summed E-state index contributed by atoms with van der Waals surface area (Å²) in [5.41, 5.74) is 20.3. The van der Waals surface area contributed by atoms with Crippen LogP contribution in [0.1, 0.15) is 18.1 Å². The molecule has 59 heavy (non-hydrogen) atoms. The monoisotopic (exact) mass is 756 g/mol. The zero-order chi connectivity index (χ0) is 39.7. The van der Waals surface area contributed by atoms with E-state index in [0.29, 0.717) is 0 Å². The topological polar surface area (TPSA) is 19.0 Å². The van der Waals surface area contributed by atoms with Crippen LogP contribution in [0.25, 0.3) is 77.4 Å². The van der Waals surface area contributed by atoms with Gasteiger partial charge in [-0.3, -0.25) is 0 Å². The molecule has 2 nitrogen and oxygen atoms in total. The number of rotatable bonds is 9. The number of benzene rings is 9. The van der Waals surface area contributed by atoms with E-state index in [0.717, 1.165) is 34.5 Å². The fourth-order valence-electron chi connectivity index (χ4n) is 8.79. The van der Waals surface area contributed by atoms with Crippen molar-refractivity contribution in [3.63, 3.8) is 0 Å². The first-order chi connectivity index (χ1) is 29.1. The zero-order valence-electron chi connectivity index (χ0n) is 33.4. The molecule has 0 radical (unpaired) electrons. The number of para-hydroxylation sites is 1. The number of nitrogens with one attached hydrogen (secondary N) is 1. The van der Waals surface area contributed by atoms with Crippen molar-refractivity contribution in [3.05, 3.63) is 223 Å². The smallest absolute Gasteiger partial charge is 0.0565 e. The van der Waals surface area contributed by atoms with Crippen LogP contribution < -0.4 is 4.90 Å². The van der Waals surface area contributed by atoms with Crippen LogP contribution in [0, 0.1) is 6.92 Å². The van der Waals surface area contributed by atoms with Gasteiger partial charge in [-0.2, -0.15) is 0 Å². The Morgan fingerprint density at radius 1 is 0.407 bits per heavy atom. The maximum Gasteiger partial charge on any atom is 0.0565 e. The highest BCUT2D eigenvalue weighted by Gasteiger charge is 2.22. The molecule has 0 amide bonds.